The lowest BCUT2D eigenvalue weighted by Gasteiger charge is -2.28. The van der Waals surface area contributed by atoms with Gasteiger partial charge in [0, 0.05) is 17.6 Å². The first-order chi connectivity index (χ1) is 13.8. The van der Waals surface area contributed by atoms with Gasteiger partial charge in [0.1, 0.15) is 11.5 Å². The molecule has 0 amide bonds. The summed E-state index contributed by atoms with van der Waals surface area (Å²) in [4.78, 5) is 23.1. The van der Waals surface area contributed by atoms with Gasteiger partial charge in [-0.15, -0.1) is 0 Å². The minimum atomic E-state index is -0.469. The van der Waals surface area contributed by atoms with Crippen LogP contribution >= 0.6 is 0 Å². The molecular formula is C25H28O4. The van der Waals surface area contributed by atoms with Gasteiger partial charge in [-0.2, -0.15) is 0 Å². The number of hydrogen-bond acceptors (Lipinski definition) is 4. The Bertz CT molecular complexity index is 862. The van der Waals surface area contributed by atoms with Crippen molar-refractivity contribution in [1.82, 2.24) is 0 Å². The van der Waals surface area contributed by atoms with Crippen molar-refractivity contribution in [3.63, 3.8) is 0 Å². The van der Waals surface area contributed by atoms with Crippen molar-refractivity contribution in [2.24, 2.45) is 0 Å². The molecule has 0 bridgehead atoms. The summed E-state index contributed by atoms with van der Waals surface area (Å²) in [6.07, 6.45) is 3.79. The summed E-state index contributed by atoms with van der Waals surface area (Å²) in [6, 6.07) is 11.8. The van der Waals surface area contributed by atoms with E-state index in [-0.39, 0.29) is 5.41 Å². The van der Waals surface area contributed by atoms with Crippen LogP contribution in [0.4, 0.5) is 0 Å². The fourth-order valence-corrected chi connectivity index (χ4v) is 3.15. The molecule has 0 aromatic heterocycles. The molecule has 0 atom stereocenters. The molecule has 0 fully saturated rings. The number of carbonyl (C=O) groups excluding carboxylic acids is 2. The maximum absolute atomic E-state index is 11.6. The smallest absolute Gasteiger partial charge is 0.335 e. The molecule has 152 valence electrons. The van der Waals surface area contributed by atoms with Gasteiger partial charge < -0.3 is 9.47 Å². The minimum Gasteiger partial charge on any atom is -0.423 e. The average molecular weight is 392 g/mol. The number of benzene rings is 2. The first kappa shape index (κ1) is 22.2. The van der Waals surface area contributed by atoms with Crippen LogP contribution in [-0.4, -0.2) is 11.9 Å². The molecule has 4 heteroatoms. The van der Waals surface area contributed by atoms with Gasteiger partial charge in [0.05, 0.1) is 0 Å². The topological polar surface area (TPSA) is 52.6 Å². The number of ether oxygens (including phenoxy) is 2. The second-order valence-electron chi connectivity index (χ2n) is 7.23. The molecule has 0 saturated carbocycles. The Morgan fingerprint density at radius 2 is 1.21 bits per heavy atom. The molecule has 0 N–H and O–H groups in total. The Hall–Kier alpha value is -3.14. The van der Waals surface area contributed by atoms with E-state index in [1.807, 2.05) is 38.1 Å². The monoisotopic (exact) mass is 392 g/mol. The molecule has 29 heavy (non-hydrogen) atoms. The van der Waals surface area contributed by atoms with Gasteiger partial charge in [0.25, 0.3) is 0 Å². The molecule has 0 heterocycles. The third kappa shape index (κ3) is 5.02. The highest BCUT2D eigenvalue weighted by Gasteiger charge is 2.25. The maximum Gasteiger partial charge on any atom is 0.335 e. The molecule has 4 nitrogen and oxygen atoms in total. The van der Waals surface area contributed by atoms with Crippen LogP contribution < -0.4 is 9.47 Å². The van der Waals surface area contributed by atoms with Gasteiger partial charge in [0.2, 0.25) is 0 Å². The number of aryl methyl sites for hydroxylation is 2. The summed E-state index contributed by atoms with van der Waals surface area (Å²) in [5.41, 5.74) is 3.82. The molecule has 0 aliphatic rings. The van der Waals surface area contributed by atoms with E-state index in [1.165, 1.54) is 0 Å². The second-order valence-corrected chi connectivity index (χ2v) is 7.23. The van der Waals surface area contributed by atoms with Crippen LogP contribution in [0.1, 0.15) is 49.9 Å². The SMILES string of the molecule is C=CC(=O)Oc1ccc(C(C)(C)c2ccc(OC(=O)C=C)c(CC)c2)cc1CC. The molecule has 0 aliphatic heterocycles. The number of rotatable bonds is 8. The first-order valence-corrected chi connectivity index (χ1v) is 9.72. The van der Waals surface area contributed by atoms with E-state index in [2.05, 4.69) is 39.1 Å². The Morgan fingerprint density at radius 1 is 0.828 bits per heavy atom. The predicted molar refractivity (Wildman–Crippen MR) is 115 cm³/mol. The van der Waals surface area contributed by atoms with Crippen LogP contribution in [0.25, 0.3) is 0 Å². The lowest BCUT2D eigenvalue weighted by Crippen LogP contribution is -2.20. The van der Waals surface area contributed by atoms with Gasteiger partial charge in [-0.25, -0.2) is 9.59 Å². The highest BCUT2D eigenvalue weighted by atomic mass is 16.5. The van der Waals surface area contributed by atoms with Gasteiger partial charge in [-0.3, -0.25) is 0 Å². The molecule has 2 rings (SSSR count). The summed E-state index contributed by atoms with van der Waals surface area (Å²) >= 11 is 0. The van der Waals surface area contributed by atoms with Crippen LogP contribution in [0, 0.1) is 0 Å². The lowest BCUT2D eigenvalue weighted by atomic mass is 9.77. The molecular weight excluding hydrogens is 364 g/mol. The highest BCUT2D eigenvalue weighted by molar-refractivity contribution is 5.84. The van der Waals surface area contributed by atoms with E-state index < -0.39 is 11.9 Å². The van der Waals surface area contributed by atoms with E-state index in [0.717, 1.165) is 47.2 Å². The largest absolute Gasteiger partial charge is 0.423 e. The third-order valence-corrected chi connectivity index (χ3v) is 5.08. The van der Waals surface area contributed by atoms with E-state index in [0.29, 0.717) is 11.5 Å². The van der Waals surface area contributed by atoms with Gasteiger partial charge in [-0.05, 0) is 47.2 Å². The molecule has 2 aromatic rings. The van der Waals surface area contributed by atoms with E-state index in [9.17, 15) is 9.59 Å². The van der Waals surface area contributed by atoms with Crippen LogP contribution in [0.2, 0.25) is 0 Å². The first-order valence-electron chi connectivity index (χ1n) is 9.72. The summed E-state index contributed by atoms with van der Waals surface area (Å²) in [5.74, 6) is 0.170. The van der Waals surface area contributed by atoms with Crippen LogP contribution in [0.15, 0.2) is 61.7 Å². The molecule has 2 aromatic carbocycles. The normalized spacial score (nSPS) is 10.9. The molecule has 0 unspecified atom stereocenters. The Labute approximate surface area is 172 Å². The highest BCUT2D eigenvalue weighted by Crippen LogP contribution is 2.36. The zero-order valence-electron chi connectivity index (χ0n) is 17.6. The summed E-state index contributed by atoms with van der Waals surface area (Å²) in [5, 5.41) is 0. The minimum absolute atomic E-state index is 0.296. The fraction of sp³-hybridized carbons (Fsp3) is 0.280. The van der Waals surface area contributed by atoms with Crippen molar-refractivity contribution < 1.29 is 19.1 Å². The van der Waals surface area contributed by atoms with E-state index in [1.54, 1.807) is 0 Å². The van der Waals surface area contributed by atoms with E-state index >= 15 is 0 Å². The van der Waals surface area contributed by atoms with Gasteiger partial charge >= 0.3 is 11.9 Å². The predicted octanol–water partition coefficient (Wildman–Crippen LogP) is 5.32. The number of carbonyl (C=O) groups is 2. The number of esters is 2. The van der Waals surface area contributed by atoms with Crippen molar-refractivity contribution in [2.75, 3.05) is 0 Å². The molecule has 0 spiro atoms. The zero-order chi connectivity index (χ0) is 21.6. The molecule has 0 aliphatic carbocycles. The van der Waals surface area contributed by atoms with Gasteiger partial charge in [0.15, 0.2) is 0 Å². The van der Waals surface area contributed by atoms with Crippen LogP contribution in [-0.2, 0) is 27.8 Å². The van der Waals surface area contributed by atoms with Crippen molar-refractivity contribution in [3.8, 4) is 11.5 Å². The Balaban J connectivity index is 2.43. The molecule has 0 saturated heterocycles. The quantitative estimate of drug-likeness (QED) is 0.347. The summed E-state index contributed by atoms with van der Waals surface area (Å²) in [7, 11) is 0. The van der Waals surface area contributed by atoms with Crippen LogP contribution in [0.5, 0.6) is 11.5 Å². The van der Waals surface area contributed by atoms with Gasteiger partial charge in [-0.1, -0.05) is 65.1 Å². The second kappa shape index (κ2) is 9.37. The van der Waals surface area contributed by atoms with Crippen molar-refractivity contribution in [1.29, 1.82) is 0 Å². The third-order valence-electron chi connectivity index (χ3n) is 5.08. The Kier molecular flexibility index (Phi) is 7.16. The maximum atomic E-state index is 11.6. The van der Waals surface area contributed by atoms with Crippen molar-refractivity contribution >= 4 is 11.9 Å². The Morgan fingerprint density at radius 3 is 1.52 bits per heavy atom. The fourth-order valence-electron chi connectivity index (χ4n) is 3.15. The zero-order valence-corrected chi connectivity index (χ0v) is 17.6. The standard InChI is InChI=1S/C25H28O4/c1-7-17-15-19(11-13-21(17)28-23(26)9-3)25(5,6)20-12-14-22(18(8-2)16-20)29-24(27)10-4/h9-16H,3-4,7-8H2,1-2,5-6H3. The number of hydrogen-bond donors (Lipinski definition) is 0. The molecule has 0 radical (unpaired) electrons. The average Bonchev–Trinajstić information content (AvgIpc) is 2.73. The van der Waals surface area contributed by atoms with E-state index in [4.69, 9.17) is 9.47 Å². The summed E-state index contributed by atoms with van der Waals surface area (Å²) < 4.78 is 10.7. The van der Waals surface area contributed by atoms with Crippen molar-refractivity contribution in [3.05, 3.63) is 84.0 Å². The van der Waals surface area contributed by atoms with Crippen molar-refractivity contribution in [2.45, 2.75) is 46.0 Å². The van der Waals surface area contributed by atoms with Crippen LogP contribution in [0.3, 0.4) is 0 Å². The lowest BCUT2D eigenvalue weighted by molar-refractivity contribution is -0.129. The summed E-state index contributed by atoms with van der Waals surface area (Å²) in [6.45, 7) is 15.2.